The van der Waals surface area contributed by atoms with Crippen LogP contribution in [0.3, 0.4) is 0 Å². The first-order valence-electron chi connectivity index (χ1n) is 6.19. The molecule has 4 rings (SSSR count). The predicted octanol–water partition coefficient (Wildman–Crippen LogP) is 2.28. The maximum atomic E-state index is 6.08. The van der Waals surface area contributed by atoms with E-state index >= 15 is 0 Å². The molecule has 3 nitrogen and oxygen atoms in total. The van der Waals surface area contributed by atoms with E-state index in [0.29, 0.717) is 0 Å². The van der Waals surface area contributed by atoms with E-state index in [-0.39, 0.29) is 17.1 Å². The standard InChI is InChI=1S/C14H16O3/c1-13-6-5-12(14(13)8-16-14)17-11-4-3-9(15-2)7-10(11)13/h3-4,7,12H,5-6,8H2,1-2H3/t12-,13-,14-/m0/s1. The smallest absolute Gasteiger partial charge is 0.138 e. The molecule has 1 aromatic rings. The van der Waals surface area contributed by atoms with Crippen LogP contribution in [0.4, 0.5) is 0 Å². The summed E-state index contributed by atoms with van der Waals surface area (Å²) in [6.45, 7) is 3.14. The second-order valence-corrected chi connectivity index (χ2v) is 5.52. The Morgan fingerprint density at radius 3 is 2.94 bits per heavy atom. The Bertz CT molecular complexity index is 492. The lowest BCUT2D eigenvalue weighted by atomic mass is 9.71. The van der Waals surface area contributed by atoms with Crippen LogP contribution in [0.2, 0.25) is 0 Å². The SMILES string of the molecule is COc1ccc2c(c1)[C@]1(C)CC[C@H](O2)[C@@]12CO2. The molecule has 1 spiro atoms. The van der Waals surface area contributed by atoms with E-state index in [2.05, 4.69) is 13.0 Å². The Balaban J connectivity index is 1.93. The van der Waals surface area contributed by atoms with Gasteiger partial charge in [0.05, 0.1) is 13.7 Å². The van der Waals surface area contributed by atoms with E-state index in [4.69, 9.17) is 14.2 Å². The van der Waals surface area contributed by atoms with Crippen molar-refractivity contribution in [3.63, 3.8) is 0 Å². The molecule has 2 heterocycles. The molecule has 3 atom stereocenters. The third kappa shape index (κ3) is 0.974. The predicted molar refractivity (Wildman–Crippen MR) is 62.7 cm³/mol. The second-order valence-electron chi connectivity index (χ2n) is 5.52. The highest BCUT2D eigenvalue weighted by Crippen LogP contribution is 2.63. The van der Waals surface area contributed by atoms with Crippen LogP contribution in [0.15, 0.2) is 18.2 Å². The summed E-state index contributed by atoms with van der Waals surface area (Å²) >= 11 is 0. The van der Waals surface area contributed by atoms with E-state index < -0.39 is 0 Å². The molecule has 2 fully saturated rings. The summed E-state index contributed by atoms with van der Waals surface area (Å²) in [5.74, 6) is 1.91. The van der Waals surface area contributed by atoms with Gasteiger partial charge in [-0.15, -0.1) is 0 Å². The largest absolute Gasteiger partial charge is 0.497 e. The van der Waals surface area contributed by atoms with Crippen LogP contribution < -0.4 is 9.47 Å². The van der Waals surface area contributed by atoms with Crippen molar-refractivity contribution in [3.05, 3.63) is 23.8 Å². The number of benzene rings is 1. The average molecular weight is 232 g/mol. The summed E-state index contributed by atoms with van der Waals surface area (Å²) in [5.41, 5.74) is 1.30. The van der Waals surface area contributed by atoms with Crippen molar-refractivity contribution in [1.82, 2.24) is 0 Å². The van der Waals surface area contributed by atoms with Gasteiger partial charge in [-0.25, -0.2) is 0 Å². The molecule has 1 saturated carbocycles. The van der Waals surface area contributed by atoms with E-state index in [9.17, 15) is 0 Å². The van der Waals surface area contributed by atoms with Crippen molar-refractivity contribution in [2.75, 3.05) is 13.7 Å². The fourth-order valence-electron chi connectivity index (χ4n) is 3.64. The second kappa shape index (κ2) is 2.78. The quantitative estimate of drug-likeness (QED) is 0.696. The zero-order valence-corrected chi connectivity index (χ0v) is 10.2. The van der Waals surface area contributed by atoms with Gasteiger partial charge in [-0.1, -0.05) is 6.92 Å². The first kappa shape index (κ1) is 9.77. The molecule has 17 heavy (non-hydrogen) atoms. The van der Waals surface area contributed by atoms with Gasteiger partial charge in [0.15, 0.2) is 0 Å². The van der Waals surface area contributed by atoms with Crippen LogP contribution in [-0.2, 0) is 10.2 Å². The lowest BCUT2D eigenvalue weighted by Gasteiger charge is -2.38. The third-order valence-corrected chi connectivity index (χ3v) is 4.87. The minimum atomic E-state index is -0.0492. The molecule has 0 unspecified atom stereocenters. The van der Waals surface area contributed by atoms with Crippen LogP contribution in [0, 0.1) is 0 Å². The van der Waals surface area contributed by atoms with Gasteiger partial charge >= 0.3 is 0 Å². The number of fused-ring (bicyclic) bond motifs is 2. The van der Waals surface area contributed by atoms with Gasteiger partial charge < -0.3 is 14.2 Å². The summed E-state index contributed by atoms with van der Waals surface area (Å²) < 4.78 is 17.2. The summed E-state index contributed by atoms with van der Waals surface area (Å²) in [6.07, 6.45) is 2.47. The summed E-state index contributed by atoms with van der Waals surface area (Å²) in [5, 5.41) is 0. The van der Waals surface area contributed by atoms with E-state index in [1.807, 2.05) is 12.1 Å². The first-order chi connectivity index (χ1) is 8.19. The number of ether oxygens (including phenoxy) is 3. The number of rotatable bonds is 1. The van der Waals surface area contributed by atoms with Crippen LogP contribution in [0.1, 0.15) is 25.3 Å². The zero-order chi connectivity index (χ0) is 11.7. The fraction of sp³-hybridized carbons (Fsp3) is 0.571. The lowest BCUT2D eigenvalue weighted by Crippen LogP contribution is -2.47. The highest BCUT2D eigenvalue weighted by atomic mass is 16.6. The lowest BCUT2D eigenvalue weighted by molar-refractivity contribution is 0.0684. The Hall–Kier alpha value is -1.22. The molecule has 3 heteroatoms. The highest BCUT2D eigenvalue weighted by molar-refractivity contribution is 5.52. The Labute approximate surface area is 101 Å². The zero-order valence-electron chi connectivity index (χ0n) is 10.2. The third-order valence-electron chi connectivity index (χ3n) is 4.87. The van der Waals surface area contributed by atoms with Gasteiger partial charge in [-0.2, -0.15) is 0 Å². The number of epoxide rings is 1. The minimum Gasteiger partial charge on any atom is -0.497 e. The average Bonchev–Trinajstić information content (AvgIpc) is 3.10. The van der Waals surface area contributed by atoms with Gasteiger partial charge in [-0.3, -0.25) is 0 Å². The van der Waals surface area contributed by atoms with E-state index in [0.717, 1.165) is 30.9 Å². The van der Waals surface area contributed by atoms with Gasteiger partial charge in [0.1, 0.15) is 23.2 Å². The molecule has 2 bridgehead atoms. The number of hydrogen-bond donors (Lipinski definition) is 0. The molecule has 1 aliphatic carbocycles. The molecule has 0 N–H and O–H groups in total. The highest BCUT2D eigenvalue weighted by Gasteiger charge is 2.71. The fourth-order valence-corrected chi connectivity index (χ4v) is 3.64. The van der Waals surface area contributed by atoms with E-state index in [1.54, 1.807) is 7.11 Å². The summed E-state index contributed by atoms with van der Waals surface area (Å²) in [6, 6.07) is 6.10. The number of methoxy groups -OCH3 is 1. The van der Waals surface area contributed by atoms with Crippen LogP contribution in [0.25, 0.3) is 0 Å². The van der Waals surface area contributed by atoms with Gasteiger partial charge in [0.25, 0.3) is 0 Å². The van der Waals surface area contributed by atoms with Crippen LogP contribution >= 0.6 is 0 Å². The molecular weight excluding hydrogens is 216 g/mol. The van der Waals surface area contributed by atoms with Crippen molar-refractivity contribution in [1.29, 1.82) is 0 Å². The molecule has 0 aromatic heterocycles. The minimum absolute atomic E-state index is 0.0492. The normalized spacial score (nSPS) is 40.9. The molecule has 90 valence electrons. The Morgan fingerprint density at radius 2 is 2.24 bits per heavy atom. The van der Waals surface area contributed by atoms with Crippen molar-refractivity contribution in [2.24, 2.45) is 0 Å². The van der Waals surface area contributed by atoms with Crippen molar-refractivity contribution in [3.8, 4) is 11.5 Å². The molecule has 3 aliphatic rings. The van der Waals surface area contributed by atoms with Gasteiger partial charge in [0, 0.05) is 11.0 Å². The molecule has 2 aliphatic heterocycles. The van der Waals surface area contributed by atoms with Gasteiger partial charge in [0.2, 0.25) is 0 Å². The maximum absolute atomic E-state index is 6.08. The van der Waals surface area contributed by atoms with Crippen molar-refractivity contribution in [2.45, 2.75) is 36.9 Å². The monoisotopic (exact) mass is 232 g/mol. The molecule has 0 radical (unpaired) electrons. The Kier molecular flexibility index (Phi) is 1.60. The summed E-state index contributed by atoms with van der Waals surface area (Å²) in [4.78, 5) is 0. The Morgan fingerprint density at radius 1 is 1.41 bits per heavy atom. The van der Waals surface area contributed by atoms with Crippen molar-refractivity contribution >= 4 is 0 Å². The number of hydrogen-bond acceptors (Lipinski definition) is 3. The maximum Gasteiger partial charge on any atom is 0.138 e. The molecule has 0 amide bonds. The van der Waals surface area contributed by atoms with Crippen molar-refractivity contribution < 1.29 is 14.2 Å². The molecule has 1 aromatic carbocycles. The molecular formula is C14H16O3. The van der Waals surface area contributed by atoms with Gasteiger partial charge in [-0.05, 0) is 31.0 Å². The van der Waals surface area contributed by atoms with E-state index in [1.165, 1.54) is 5.56 Å². The molecule has 1 saturated heterocycles. The first-order valence-corrected chi connectivity index (χ1v) is 6.19. The van der Waals surface area contributed by atoms with Crippen LogP contribution in [-0.4, -0.2) is 25.4 Å². The topological polar surface area (TPSA) is 31.0 Å². The summed E-state index contributed by atoms with van der Waals surface area (Å²) in [7, 11) is 1.70. The van der Waals surface area contributed by atoms with Crippen LogP contribution in [0.5, 0.6) is 11.5 Å².